The number of hydrogen-bond donors (Lipinski definition) is 6. The van der Waals surface area contributed by atoms with E-state index in [1.807, 2.05) is 0 Å². The maximum atomic E-state index is 12.3. The quantitative estimate of drug-likeness (QED) is 0.392. The lowest BCUT2D eigenvalue weighted by atomic mass is 10.0. The Hall–Kier alpha value is -2.65. The smallest absolute Gasteiger partial charge is 0.405 e. The third-order valence-corrected chi connectivity index (χ3v) is 3.67. The van der Waals surface area contributed by atoms with Crippen molar-refractivity contribution in [2.75, 3.05) is 5.32 Å². The first-order valence-electron chi connectivity index (χ1n) is 8.13. The number of nitrogens with one attached hydrogen (secondary N) is 3. The molecule has 9 nitrogen and oxygen atoms in total. The Labute approximate surface area is 151 Å². The van der Waals surface area contributed by atoms with Gasteiger partial charge < -0.3 is 31.3 Å². The van der Waals surface area contributed by atoms with Crippen molar-refractivity contribution in [2.45, 2.75) is 46.1 Å². The number of benzene rings is 1. The standard InChI is InChI=1S/C17H25N3O6/c1-9(2)14(20-17(25)26)16(24)18-10(3)15(23)19-13-5-11(7-21)4-12(6-13)8-22/h4-6,9-10,14,20-22H,7-8H2,1-3H3,(H,18,24)(H,19,23)(H,25,26). The molecule has 3 amide bonds. The summed E-state index contributed by atoms with van der Waals surface area (Å²) in [5, 5.41) is 34.4. The maximum absolute atomic E-state index is 12.3. The van der Waals surface area contributed by atoms with Crippen molar-refractivity contribution in [3.8, 4) is 0 Å². The van der Waals surface area contributed by atoms with Gasteiger partial charge in [0.25, 0.3) is 0 Å². The number of rotatable bonds is 8. The van der Waals surface area contributed by atoms with Gasteiger partial charge in [0.05, 0.1) is 13.2 Å². The van der Waals surface area contributed by atoms with Crippen LogP contribution in [0.15, 0.2) is 18.2 Å². The summed E-state index contributed by atoms with van der Waals surface area (Å²) in [6.07, 6.45) is -1.33. The van der Waals surface area contributed by atoms with Gasteiger partial charge in [0.2, 0.25) is 11.8 Å². The summed E-state index contributed by atoms with van der Waals surface area (Å²) in [6.45, 7) is 4.33. The van der Waals surface area contributed by atoms with Crippen LogP contribution >= 0.6 is 0 Å². The molecule has 26 heavy (non-hydrogen) atoms. The molecule has 0 bridgehead atoms. The molecular formula is C17H25N3O6. The van der Waals surface area contributed by atoms with Crippen LogP contribution in [0.2, 0.25) is 0 Å². The summed E-state index contributed by atoms with van der Waals surface area (Å²) >= 11 is 0. The Morgan fingerprint density at radius 1 is 0.923 bits per heavy atom. The summed E-state index contributed by atoms with van der Waals surface area (Å²) in [4.78, 5) is 35.3. The second-order valence-corrected chi connectivity index (χ2v) is 6.25. The second-order valence-electron chi connectivity index (χ2n) is 6.25. The monoisotopic (exact) mass is 367 g/mol. The highest BCUT2D eigenvalue weighted by atomic mass is 16.4. The third kappa shape index (κ3) is 6.34. The van der Waals surface area contributed by atoms with Crippen molar-refractivity contribution in [2.24, 2.45) is 5.92 Å². The predicted molar refractivity (Wildman–Crippen MR) is 94.3 cm³/mol. The molecule has 0 heterocycles. The Bertz CT molecular complexity index is 640. The predicted octanol–water partition coefficient (Wildman–Crippen LogP) is 0.407. The average Bonchev–Trinajstić information content (AvgIpc) is 2.58. The van der Waals surface area contributed by atoms with E-state index in [-0.39, 0.29) is 19.1 Å². The molecule has 0 aromatic heterocycles. The number of carbonyl (C=O) groups excluding carboxylic acids is 2. The molecule has 6 N–H and O–H groups in total. The zero-order valence-electron chi connectivity index (χ0n) is 14.9. The van der Waals surface area contributed by atoms with Crippen LogP contribution < -0.4 is 16.0 Å². The van der Waals surface area contributed by atoms with Gasteiger partial charge in [0.15, 0.2) is 0 Å². The number of aliphatic hydroxyl groups excluding tert-OH is 2. The highest BCUT2D eigenvalue weighted by molar-refractivity contribution is 5.98. The summed E-state index contributed by atoms with van der Waals surface area (Å²) < 4.78 is 0. The van der Waals surface area contributed by atoms with E-state index in [0.717, 1.165) is 0 Å². The van der Waals surface area contributed by atoms with Gasteiger partial charge in [-0.1, -0.05) is 19.9 Å². The van der Waals surface area contributed by atoms with Crippen molar-refractivity contribution in [3.05, 3.63) is 29.3 Å². The zero-order valence-corrected chi connectivity index (χ0v) is 14.9. The van der Waals surface area contributed by atoms with Crippen molar-refractivity contribution in [1.29, 1.82) is 0 Å². The van der Waals surface area contributed by atoms with Crippen molar-refractivity contribution >= 4 is 23.6 Å². The van der Waals surface area contributed by atoms with E-state index < -0.39 is 30.0 Å². The van der Waals surface area contributed by atoms with Gasteiger partial charge in [-0.15, -0.1) is 0 Å². The highest BCUT2D eigenvalue weighted by Crippen LogP contribution is 2.16. The van der Waals surface area contributed by atoms with Crippen molar-refractivity contribution in [3.63, 3.8) is 0 Å². The van der Waals surface area contributed by atoms with Crippen molar-refractivity contribution < 1.29 is 29.7 Å². The van der Waals surface area contributed by atoms with Crippen LogP contribution in [0.3, 0.4) is 0 Å². The molecule has 2 unspecified atom stereocenters. The number of carboxylic acid groups (broad SMARTS) is 1. The van der Waals surface area contributed by atoms with E-state index in [1.165, 1.54) is 6.92 Å². The van der Waals surface area contributed by atoms with E-state index in [2.05, 4.69) is 16.0 Å². The van der Waals surface area contributed by atoms with Gasteiger partial charge in [-0.25, -0.2) is 4.79 Å². The minimum absolute atomic E-state index is 0.250. The summed E-state index contributed by atoms with van der Waals surface area (Å²) in [6, 6.07) is 2.80. The number of carbonyl (C=O) groups is 3. The highest BCUT2D eigenvalue weighted by Gasteiger charge is 2.26. The molecule has 0 aliphatic rings. The molecule has 0 fully saturated rings. The molecule has 9 heteroatoms. The lowest BCUT2D eigenvalue weighted by Crippen LogP contribution is -2.53. The Morgan fingerprint density at radius 3 is 1.88 bits per heavy atom. The van der Waals surface area contributed by atoms with E-state index >= 15 is 0 Å². The number of aliphatic hydroxyl groups is 2. The number of hydrogen-bond acceptors (Lipinski definition) is 5. The van der Waals surface area contributed by atoms with Crippen LogP contribution in [0.5, 0.6) is 0 Å². The normalized spacial score (nSPS) is 13.0. The van der Waals surface area contributed by atoms with Crippen LogP contribution in [0.1, 0.15) is 31.9 Å². The lowest BCUT2D eigenvalue weighted by Gasteiger charge is -2.22. The lowest BCUT2D eigenvalue weighted by molar-refractivity contribution is -0.128. The first kappa shape index (κ1) is 21.4. The molecule has 1 aromatic carbocycles. The molecule has 1 rings (SSSR count). The molecule has 0 radical (unpaired) electrons. The fourth-order valence-electron chi connectivity index (χ4n) is 2.30. The van der Waals surface area contributed by atoms with Gasteiger partial charge in [-0.2, -0.15) is 0 Å². The fourth-order valence-corrected chi connectivity index (χ4v) is 2.30. The number of amides is 3. The van der Waals surface area contributed by atoms with Crippen molar-refractivity contribution in [1.82, 2.24) is 10.6 Å². The van der Waals surface area contributed by atoms with Crippen LogP contribution in [0, 0.1) is 5.92 Å². The second kappa shape index (κ2) is 9.73. The molecule has 0 spiro atoms. The van der Waals surface area contributed by atoms with Gasteiger partial charge in [0.1, 0.15) is 12.1 Å². The first-order chi connectivity index (χ1) is 12.2. The van der Waals surface area contributed by atoms with E-state index in [0.29, 0.717) is 16.8 Å². The average molecular weight is 367 g/mol. The van der Waals surface area contributed by atoms with Gasteiger partial charge in [-0.05, 0) is 36.1 Å². The maximum Gasteiger partial charge on any atom is 0.405 e. The Balaban J connectivity index is 2.78. The largest absolute Gasteiger partial charge is 0.465 e. The van der Waals surface area contributed by atoms with Gasteiger partial charge in [0, 0.05) is 5.69 Å². The first-order valence-corrected chi connectivity index (χ1v) is 8.13. The van der Waals surface area contributed by atoms with Crippen LogP contribution in [-0.4, -0.2) is 45.3 Å². The Morgan fingerprint density at radius 2 is 1.46 bits per heavy atom. The van der Waals surface area contributed by atoms with E-state index in [9.17, 15) is 24.6 Å². The molecule has 144 valence electrons. The van der Waals surface area contributed by atoms with Crippen LogP contribution in [0.4, 0.5) is 10.5 Å². The van der Waals surface area contributed by atoms with E-state index in [1.54, 1.807) is 32.0 Å². The molecule has 0 aliphatic carbocycles. The van der Waals surface area contributed by atoms with Crippen LogP contribution in [0.25, 0.3) is 0 Å². The third-order valence-electron chi connectivity index (χ3n) is 3.67. The minimum Gasteiger partial charge on any atom is -0.465 e. The van der Waals surface area contributed by atoms with Gasteiger partial charge in [-0.3, -0.25) is 9.59 Å². The van der Waals surface area contributed by atoms with E-state index in [4.69, 9.17) is 5.11 Å². The Kier molecular flexibility index (Phi) is 8.01. The summed E-state index contributed by atoms with van der Waals surface area (Å²) in [5.41, 5.74) is 1.42. The number of anilines is 1. The fraction of sp³-hybridized carbons (Fsp3) is 0.471. The summed E-state index contributed by atoms with van der Waals surface area (Å²) in [5.74, 6) is -1.42. The van der Waals surface area contributed by atoms with Crippen LogP contribution in [-0.2, 0) is 22.8 Å². The van der Waals surface area contributed by atoms with Gasteiger partial charge >= 0.3 is 6.09 Å². The SMILES string of the molecule is CC(NC(=O)C(NC(=O)O)C(C)C)C(=O)Nc1cc(CO)cc(CO)c1. The summed E-state index contributed by atoms with van der Waals surface area (Å²) in [7, 11) is 0. The molecule has 0 saturated carbocycles. The minimum atomic E-state index is -1.33. The molecule has 1 aromatic rings. The molecule has 0 aliphatic heterocycles. The topological polar surface area (TPSA) is 148 Å². The molecular weight excluding hydrogens is 342 g/mol. The molecule has 0 saturated heterocycles. The zero-order chi connectivity index (χ0) is 19.9. The molecule has 2 atom stereocenters.